The summed E-state index contributed by atoms with van der Waals surface area (Å²) in [4.78, 5) is 3.65. The number of rotatable bonds is 3. The second-order valence-corrected chi connectivity index (χ2v) is 4.14. The number of hydrogen-bond acceptors (Lipinski definition) is 3. The lowest BCUT2D eigenvalue weighted by Gasteiger charge is -2.15. The zero-order chi connectivity index (χ0) is 15.6. The zero-order valence-corrected chi connectivity index (χ0v) is 13.0. The highest BCUT2D eigenvalue weighted by Gasteiger charge is 2.34. The molecule has 10 heteroatoms. The minimum atomic E-state index is -4.74. The molecule has 0 radical (unpaired) electrons. The number of anilines is 2. The average molecular weight is 376 g/mol. The van der Waals surface area contributed by atoms with E-state index in [1.165, 1.54) is 0 Å². The van der Waals surface area contributed by atoms with Gasteiger partial charge < -0.3 is 11.1 Å². The number of nitrogens with zero attached hydrogens (tertiary/aromatic N) is 1. The highest BCUT2D eigenvalue weighted by atomic mass is 35.5. The summed E-state index contributed by atoms with van der Waals surface area (Å²) in [7, 11) is 0. The van der Waals surface area contributed by atoms with Gasteiger partial charge in [0.25, 0.3) is 0 Å². The molecule has 0 spiro atoms. The first-order chi connectivity index (χ1) is 9.82. The van der Waals surface area contributed by atoms with Crippen LogP contribution < -0.4 is 11.1 Å². The number of para-hydroxylation sites is 1. The molecule has 23 heavy (non-hydrogen) atoms. The van der Waals surface area contributed by atoms with Crippen molar-refractivity contribution >= 4 is 36.2 Å². The lowest BCUT2D eigenvalue weighted by molar-refractivity contribution is -0.137. The average Bonchev–Trinajstić information content (AvgIpc) is 2.40. The summed E-state index contributed by atoms with van der Waals surface area (Å²) in [5, 5.41) is 2.20. The van der Waals surface area contributed by atoms with E-state index in [2.05, 4.69) is 10.3 Å². The van der Waals surface area contributed by atoms with E-state index in [-0.39, 0.29) is 42.7 Å². The van der Waals surface area contributed by atoms with Crippen LogP contribution in [-0.4, -0.2) is 4.98 Å². The Morgan fingerprint density at radius 2 is 1.74 bits per heavy atom. The van der Waals surface area contributed by atoms with Crippen molar-refractivity contribution in [2.45, 2.75) is 12.7 Å². The number of alkyl halides is 3. The van der Waals surface area contributed by atoms with Gasteiger partial charge in [-0.15, -0.1) is 24.8 Å². The summed E-state index contributed by atoms with van der Waals surface area (Å²) in [5.74, 6) is -1.89. The Kier molecular flexibility index (Phi) is 7.69. The third-order valence-electron chi connectivity index (χ3n) is 2.70. The molecule has 0 fully saturated rings. The highest BCUT2D eigenvalue weighted by Crippen LogP contribution is 2.37. The monoisotopic (exact) mass is 375 g/mol. The second kappa shape index (κ2) is 8.28. The van der Waals surface area contributed by atoms with Gasteiger partial charge in [-0.1, -0.05) is 6.07 Å². The predicted octanol–water partition coefficient (Wildman–Crippen LogP) is 4.42. The number of nitrogens with two attached hydrogens (primary N) is 1. The maximum atomic E-state index is 13.6. The molecule has 0 saturated carbocycles. The smallest absolute Gasteiger partial charge is 0.351 e. The molecular weight excluding hydrogens is 364 g/mol. The van der Waals surface area contributed by atoms with E-state index in [1.807, 2.05) is 0 Å². The molecule has 0 aliphatic heterocycles. The molecule has 1 aromatic carbocycles. The normalized spacial score (nSPS) is 10.5. The van der Waals surface area contributed by atoms with Gasteiger partial charge in [0.2, 0.25) is 0 Å². The summed E-state index contributed by atoms with van der Waals surface area (Å²) in [6, 6.07) is 3.44. The molecule has 128 valence electrons. The number of benzene rings is 1. The Morgan fingerprint density at radius 1 is 1.09 bits per heavy atom. The SMILES string of the molecule is Cl.Cl.NCc1ncc(Nc2c(F)cccc2C(F)(F)F)cc1F. The molecule has 2 rings (SSSR count). The van der Waals surface area contributed by atoms with E-state index in [1.54, 1.807) is 0 Å². The van der Waals surface area contributed by atoms with Gasteiger partial charge in [0.15, 0.2) is 0 Å². The minimum Gasteiger partial charge on any atom is -0.351 e. The lowest BCUT2D eigenvalue weighted by atomic mass is 10.1. The van der Waals surface area contributed by atoms with E-state index in [9.17, 15) is 22.0 Å². The van der Waals surface area contributed by atoms with Gasteiger partial charge in [0.05, 0.1) is 28.8 Å². The maximum Gasteiger partial charge on any atom is 0.418 e. The van der Waals surface area contributed by atoms with E-state index >= 15 is 0 Å². The van der Waals surface area contributed by atoms with Gasteiger partial charge in [0, 0.05) is 12.6 Å². The number of hydrogen-bond donors (Lipinski definition) is 2. The molecule has 3 nitrogen and oxygen atoms in total. The van der Waals surface area contributed by atoms with Gasteiger partial charge in [-0.25, -0.2) is 8.78 Å². The molecule has 3 N–H and O–H groups in total. The molecule has 0 aliphatic carbocycles. The van der Waals surface area contributed by atoms with Crippen LogP contribution in [0.2, 0.25) is 0 Å². The fourth-order valence-electron chi connectivity index (χ4n) is 1.72. The summed E-state index contributed by atoms with van der Waals surface area (Å²) in [5.41, 5.74) is 3.10. The van der Waals surface area contributed by atoms with Crippen molar-refractivity contribution in [3.63, 3.8) is 0 Å². The van der Waals surface area contributed by atoms with Crippen LogP contribution in [0.25, 0.3) is 0 Å². The molecular formula is C13H12Cl2F5N3. The number of pyridine rings is 1. The van der Waals surface area contributed by atoms with Gasteiger partial charge >= 0.3 is 6.18 Å². The fraction of sp³-hybridized carbons (Fsp3) is 0.154. The van der Waals surface area contributed by atoms with Crippen molar-refractivity contribution in [2.75, 3.05) is 5.32 Å². The van der Waals surface area contributed by atoms with Crippen molar-refractivity contribution < 1.29 is 22.0 Å². The van der Waals surface area contributed by atoms with Crippen LogP contribution >= 0.6 is 24.8 Å². The number of halogens is 7. The third-order valence-corrected chi connectivity index (χ3v) is 2.70. The van der Waals surface area contributed by atoms with Gasteiger partial charge in [0.1, 0.15) is 11.6 Å². The Morgan fingerprint density at radius 3 is 2.26 bits per heavy atom. The van der Waals surface area contributed by atoms with Crippen molar-refractivity contribution in [1.82, 2.24) is 4.98 Å². The molecule has 1 aromatic heterocycles. The molecule has 0 bridgehead atoms. The second-order valence-electron chi connectivity index (χ2n) is 4.14. The molecule has 0 atom stereocenters. The van der Waals surface area contributed by atoms with Crippen molar-refractivity contribution in [3.05, 3.63) is 53.4 Å². The minimum absolute atomic E-state index is 0. The lowest BCUT2D eigenvalue weighted by Crippen LogP contribution is -2.11. The molecule has 0 saturated heterocycles. The van der Waals surface area contributed by atoms with Gasteiger partial charge in [-0.05, 0) is 12.1 Å². The van der Waals surface area contributed by atoms with E-state index in [0.29, 0.717) is 0 Å². The molecule has 0 aliphatic rings. The van der Waals surface area contributed by atoms with Crippen LogP contribution in [0, 0.1) is 11.6 Å². The van der Waals surface area contributed by atoms with Gasteiger partial charge in [-0.3, -0.25) is 4.98 Å². The predicted molar refractivity (Wildman–Crippen MR) is 81.3 cm³/mol. The summed E-state index contributed by atoms with van der Waals surface area (Å²) >= 11 is 0. The van der Waals surface area contributed by atoms with Crippen LogP contribution in [0.15, 0.2) is 30.5 Å². The molecule has 1 heterocycles. The number of aromatic nitrogens is 1. The molecule has 0 amide bonds. The summed E-state index contributed by atoms with van der Waals surface area (Å²) in [6.07, 6.45) is -3.66. The van der Waals surface area contributed by atoms with Crippen LogP contribution in [0.3, 0.4) is 0 Å². The van der Waals surface area contributed by atoms with Crippen LogP contribution in [-0.2, 0) is 12.7 Å². The highest BCUT2D eigenvalue weighted by molar-refractivity contribution is 5.85. The van der Waals surface area contributed by atoms with E-state index in [0.717, 1.165) is 30.5 Å². The Balaban J connectivity index is 0.00000242. The van der Waals surface area contributed by atoms with Crippen LogP contribution in [0.4, 0.5) is 33.3 Å². The summed E-state index contributed by atoms with van der Waals surface area (Å²) in [6.45, 7) is -0.153. The van der Waals surface area contributed by atoms with Crippen molar-refractivity contribution in [2.24, 2.45) is 5.73 Å². The molecule has 0 unspecified atom stereocenters. The first-order valence-corrected chi connectivity index (χ1v) is 5.80. The Labute approximate surface area is 140 Å². The fourth-order valence-corrected chi connectivity index (χ4v) is 1.72. The molecule has 2 aromatic rings. The summed E-state index contributed by atoms with van der Waals surface area (Å²) < 4.78 is 65.6. The largest absolute Gasteiger partial charge is 0.418 e. The Bertz CT molecular complexity index is 665. The standard InChI is InChI=1S/C13H10F5N3.2ClH/c14-9-3-1-2-8(13(16,17)18)12(9)21-7-4-10(15)11(5-19)20-6-7;;/h1-4,6,21H,5,19H2;2*1H. The Hall–Kier alpha value is -1.64. The van der Waals surface area contributed by atoms with Gasteiger partial charge in [-0.2, -0.15) is 13.2 Å². The topological polar surface area (TPSA) is 50.9 Å². The zero-order valence-electron chi connectivity index (χ0n) is 11.3. The third kappa shape index (κ3) is 4.92. The number of nitrogens with one attached hydrogen (secondary N) is 1. The van der Waals surface area contributed by atoms with Crippen LogP contribution in [0.1, 0.15) is 11.3 Å². The van der Waals surface area contributed by atoms with Crippen molar-refractivity contribution in [1.29, 1.82) is 0 Å². The van der Waals surface area contributed by atoms with Crippen molar-refractivity contribution in [3.8, 4) is 0 Å². The first-order valence-electron chi connectivity index (χ1n) is 5.80. The van der Waals surface area contributed by atoms with E-state index < -0.39 is 29.1 Å². The maximum absolute atomic E-state index is 13.6. The van der Waals surface area contributed by atoms with E-state index in [4.69, 9.17) is 5.73 Å². The van der Waals surface area contributed by atoms with Crippen LogP contribution in [0.5, 0.6) is 0 Å². The first kappa shape index (κ1) is 21.4. The quantitative estimate of drug-likeness (QED) is 0.780.